The topological polar surface area (TPSA) is 52.0 Å². The highest BCUT2D eigenvalue weighted by Gasteiger charge is 2.41. The number of hydrogen-bond acceptors (Lipinski definition) is 3. The van der Waals surface area contributed by atoms with Gasteiger partial charge in [-0.3, -0.25) is 4.68 Å². The summed E-state index contributed by atoms with van der Waals surface area (Å²) in [6, 6.07) is 0. The lowest BCUT2D eigenvalue weighted by atomic mass is 10.0. The highest BCUT2D eigenvalue weighted by molar-refractivity contribution is 7.91. The zero-order chi connectivity index (χ0) is 13.4. The quantitative estimate of drug-likeness (QED) is 0.798. The lowest BCUT2D eigenvalue weighted by Gasteiger charge is -2.25. The molecule has 0 spiro atoms. The first-order valence-corrected chi connectivity index (χ1v) is 8.60. The molecule has 4 nitrogen and oxygen atoms in total. The van der Waals surface area contributed by atoms with E-state index < -0.39 is 15.4 Å². The molecule has 0 aromatic carbocycles. The number of alkyl halides is 1. The molecular formula is C12H19ClN2O2S. The monoisotopic (exact) mass is 290 g/mol. The van der Waals surface area contributed by atoms with Crippen molar-refractivity contribution < 1.29 is 8.42 Å². The molecule has 0 bridgehead atoms. The van der Waals surface area contributed by atoms with Crippen LogP contribution in [0.15, 0.2) is 6.20 Å². The lowest BCUT2D eigenvalue weighted by molar-refractivity contribution is 0.317. The summed E-state index contributed by atoms with van der Waals surface area (Å²) < 4.78 is 25.3. The standard InChI is InChI=1S/C12H19ClN2O2S/c1-3-4-11-10(7-13)8-14-15(11)12(2)5-6-18(16,17)9-12/h8H,3-7,9H2,1-2H3. The minimum atomic E-state index is -2.93. The van der Waals surface area contributed by atoms with Crippen molar-refractivity contribution in [3.05, 3.63) is 17.5 Å². The number of rotatable bonds is 4. The Labute approximate surface area is 113 Å². The highest BCUT2D eigenvalue weighted by atomic mass is 35.5. The van der Waals surface area contributed by atoms with Crippen LogP contribution in [0, 0.1) is 0 Å². The van der Waals surface area contributed by atoms with Crippen LogP contribution in [0.2, 0.25) is 0 Å². The lowest BCUT2D eigenvalue weighted by Crippen LogP contribution is -2.34. The molecule has 0 amide bonds. The van der Waals surface area contributed by atoms with Gasteiger partial charge in [0.25, 0.3) is 0 Å². The summed E-state index contributed by atoms with van der Waals surface area (Å²) in [5.74, 6) is 0.865. The fourth-order valence-electron chi connectivity index (χ4n) is 2.65. The van der Waals surface area contributed by atoms with E-state index >= 15 is 0 Å². The Morgan fingerprint density at radius 1 is 1.56 bits per heavy atom. The minimum Gasteiger partial charge on any atom is -0.262 e. The molecule has 1 aromatic rings. The molecule has 6 heteroatoms. The second kappa shape index (κ2) is 4.85. The maximum Gasteiger partial charge on any atom is 0.152 e. The normalized spacial score (nSPS) is 26.6. The first kappa shape index (κ1) is 13.9. The van der Waals surface area contributed by atoms with Gasteiger partial charge in [0.05, 0.1) is 29.1 Å². The van der Waals surface area contributed by atoms with Crippen LogP contribution >= 0.6 is 11.6 Å². The molecule has 1 fully saturated rings. The first-order valence-electron chi connectivity index (χ1n) is 6.24. The maximum absolute atomic E-state index is 11.7. The third kappa shape index (κ3) is 2.43. The van der Waals surface area contributed by atoms with E-state index in [-0.39, 0.29) is 11.5 Å². The second-order valence-electron chi connectivity index (χ2n) is 5.25. The fourth-order valence-corrected chi connectivity index (χ4v) is 4.98. The van der Waals surface area contributed by atoms with Crippen molar-refractivity contribution in [2.24, 2.45) is 0 Å². The number of hydrogen-bond donors (Lipinski definition) is 0. The molecule has 2 heterocycles. The van der Waals surface area contributed by atoms with Gasteiger partial charge in [-0.25, -0.2) is 8.42 Å². The van der Waals surface area contributed by atoms with E-state index in [9.17, 15) is 8.42 Å². The van der Waals surface area contributed by atoms with Crippen molar-refractivity contribution in [3.8, 4) is 0 Å². The van der Waals surface area contributed by atoms with E-state index in [2.05, 4.69) is 12.0 Å². The molecule has 1 aromatic heterocycles. The van der Waals surface area contributed by atoms with Crippen LogP contribution in [0.1, 0.15) is 37.9 Å². The van der Waals surface area contributed by atoms with Crippen LogP contribution in [0.4, 0.5) is 0 Å². The van der Waals surface area contributed by atoms with Gasteiger partial charge in [0, 0.05) is 11.3 Å². The van der Waals surface area contributed by atoms with Crippen LogP contribution in [0.25, 0.3) is 0 Å². The Bertz CT molecular complexity index is 538. The Kier molecular flexibility index (Phi) is 3.74. The molecule has 0 radical (unpaired) electrons. The molecule has 1 unspecified atom stereocenters. The van der Waals surface area contributed by atoms with Gasteiger partial charge >= 0.3 is 0 Å². The molecule has 0 aliphatic carbocycles. The SMILES string of the molecule is CCCc1c(CCl)cnn1C1(C)CCS(=O)(=O)C1. The summed E-state index contributed by atoms with van der Waals surface area (Å²) in [5, 5.41) is 4.39. The smallest absolute Gasteiger partial charge is 0.152 e. The average molecular weight is 291 g/mol. The molecule has 0 N–H and O–H groups in total. The molecular weight excluding hydrogens is 272 g/mol. The molecule has 1 aliphatic rings. The first-order chi connectivity index (χ1) is 8.42. The number of nitrogens with zero attached hydrogens (tertiary/aromatic N) is 2. The van der Waals surface area contributed by atoms with Crippen molar-refractivity contribution in [3.63, 3.8) is 0 Å². The van der Waals surface area contributed by atoms with Gasteiger partial charge in [0.2, 0.25) is 0 Å². The van der Waals surface area contributed by atoms with Gasteiger partial charge in [-0.2, -0.15) is 5.10 Å². The van der Waals surface area contributed by atoms with Crippen molar-refractivity contribution in [2.75, 3.05) is 11.5 Å². The number of halogens is 1. The van der Waals surface area contributed by atoms with Crippen molar-refractivity contribution in [1.29, 1.82) is 0 Å². The van der Waals surface area contributed by atoms with Crippen molar-refractivity contribution in [2.45, 2.75) is 44.5 Å². The maximum atomic E-state index is 11.7. The van der Waals surface area contributed by atoms with Crippen LogP contribution in [-0.4, -0.2) is 29.7 Å². The Morgan fingerprint density at radius 3 is 2.78 bits per heavy atom. The van der Waals surface area contributed by atoms with Crippen LogP contribution < -0.4 is 0 Å². The predicted octanol–water partition coefficient (Wildman–Crippen LogP) is 2.11. The van der Waals surface area contributed by atoms with Crippen LogP contribution in [0.3, 0.4) is 0 Å². The zero-order valence-electron chi connectivity index (χ0n) is 10.8. The van der Waals surface area contributed by atoms with Crippen LogP contribution in [-0.2, 0) is 27.7 Å². The van der Waals surface area contributed by atoms with Gasteiger partial charge in [-0.15, -0.1) is 11.6 Å². The molecule has 102 valence electrons. The second-order valence-corrected chi connectivity index (χ2v) is 7.70. The van der Waals surface area contributed by atoms with Gasteiger partial charge in [0.1, 0.15) is 0 Å². The van der Waals surface area contributed by atoms with Gasteiger partial charge in [-0.1, -0.05) is 13.3 Å². The zero-order valence-corrected chi connectivity index (χ0v) is 12.4. The van der Waals surface area contributed by atoms with Gasteiger partial charge in [-0.05, 0) is 19.8 Å². The Hall–Kier alpha value is -0.550. The average Bonchev–Trinajstić information content (AvgIpc) is 2.81. The van der Waals surface area contributed by atoms with E-state index in [1.807, 2.05) is 11.6 Å². The number of aromatic nitrogens is 2. The molecule has 0 saturated carbocycles. The third-order valence-electron chi connectivity index (χ3n) is 3.58. The third-order valence-corrected chi connectivity index (χ3v) is 5.76. The highest BCUT2D eigenvalue weighted by Crippen LogP contribution is 2.32. The Balaban J connectivity index is 2.42. The summed E-state index contributed by atoms with van der Waals surface area (Å²) in [7, 11) is -2.93. The van der Waals surface area contributed by atoms with Crippen LogP contribution in [0.5, 0.6) is 0 Å². The molecule has 1 atom stereocenters. The summed E-state index contributed by atoms with van der Waals surface area (Å²) >= 11 is 5.92. The van der Waals surface area contributed by atoms with Gasteiger partial charge in [0.15, 0.2) is 9.84 Å². The summed E-state index contributed by atoms with van der Waals surface area (Å²) in [5.41, 5.74) is 1.70. The van der Waals surface area contributed by atoms with Gasteiger partial charge < -0.3 is 0 Å². The summed E-state index contributed by atoms with van der Waals surface area (Å²) in [6.07, 6.45) is 4.29. The molecule has 1 saturated heterocycles. The van der Waals surface area contributed by atoms with E-state index in [0.717, 1.165) is 24.1 Å². The molecule has 2 rings (SSSR count). The minimum absolute atomic E-state index is 0.181. The fraction of sp³-hybridized carbons (Fsp3) is 0.750. The van der Waals surface area contributed by atoms with Crippen molar-refractivity contribution in [1.82, 2.24) is 9.78 Å². The van der Waals surface area contributed by atoms with Crippen molar-refractivity contribution >= 4 is 21.4 Å². The Morgan fingerprint density at radius 2 is 2.28 bits per heavy atom. The number of sulfone groups is 1. The molecule has 18 heavy (non-hydrogen) atoms. The summed E-state index contributed by atoms with van der Waals surface area (Å²) in [6.45, 7) is 4.07. The van der Waals surface area contributed by atoms with E-state index in [0.29, 0.717) is 12.3 Å². The molecule has 1 aliphatic heterocycles. The van der Waals surface area contributed by atoms with E-state index in [1.54, 1.807) is 6.20 Å². The largest absolute Gasteiger partial charge is 0.262 e. The predicted molar refractivity (Wildman–Crippen MR) is 72.7 cm³/mol. The summed E-state index contributed by atoms with van der Waals surface area (Å²) in [4.78, 5) is 0. The van der Waals surface area contributed by atoms with E-state index in [4.69, 9.17) is 11.6 Å². The van der Waals surface area contributed by atoms with E-state index in [1.165, 1.54) is 0 Å².